The van der Waals surface area contributed by atoms with E-state index in [0.717, 1.165) is 17.4 Å². The average molecular weight is 557 g/mol. The molecule has 28 heavy (non-hydrogen) atoms. The number of carbonyl (C=O) groups is 4. The molecule has 3 N–H and O–H groups in total. The van der Waals surface area contributed by atoms with Gasteiger partial charge < -0.3 is 32.6 Å². The molecule has 0 fully saturated rings. The van der Waals surface area contributed by atoms with Gasteiger partial charge in [-0.2, -0.15) is 6.42 Å². The van der Waals surface area contributed by atoms with Crippen molar-refractivity contribution in [2.45, 2.75) is 38.4 Å². The van der Waals surface area contributed by atoms with E-state index in [0.29, 0.717) is 25.1 Å². The molecule has 8 nitrogen and oxygen atoms in total. The Hall–Kier alpha value is -2.21. The quantitative estimate of drug-likeness (QED) is 0.308. The molecule has 0 aromatic heterocycles. The van der Waals surface area contributed by atoms with E-state index in [1.54, 1.807) is 6.07 Å². The molecule has 1 heterocycles. The van der Waals surface area contributed by atoms with E-state index in [1.807, 2.05) is 12.1 Å². The smallest absolute Gasteiger partial charge is 0.314 e. The standard InChI is InChI=1S/C19H25N4O4.W/c1-3-8-21-19(27)22-11-13-6-7-14-12-23(18(26)15(14)10-13)16(5-4-9-24)17(25)20-2;/h6-7,9-10,16H,1,3-5,8,11-12H2,2H3,(H,20,25)(H2,21,22,27);/q-1;. The molecule has 9 heteroatoms. The van der Waals surface area contributed by atoms with E-state index in [4.69, 9.17) is 0 Å². The largest absolute Gasteiger partial charge is 0.357 e. The monoisotopic (exact) mass is 557 g/mol. The maximum Gasteiger partial charge on any atom is 0.314 e. The summed E-state index contributed by atoms with van der Waals surface area (Å²) in [6.45, 7) is 4.75. The van der Waals surface area contributed by atoms with Crippen molar-refractivity contribution in [3.63, 3.8) is 0 Å². The minimum absolute atomic E-state index is 0. The van der Waals surface area contributed by atoms with Crippen molar-refractivity contribution in [2.24, 2.45) is 0 Å². The zero-order chi connectivity index (χ0) is 19.8. The topological polar surface area (TPSA) is 108 Å². The minimum Gasteiger partial charge on any atom is -0.357 e. The van der Waals surface area contributed by atoms with E-state index in [2.05, 4.69) is 22.9 Å². The maximum absolute atomic E-state index is 12.8. The molecule has 152 valence electrons. The Bertz CT molecular complexity index is 726. The second-order valence-electron chi connectivity index (χ2n) is 6.26. The molecule has 1 atom stereocenters. The first-order valence-corrected chi connectivity index (χ1v) is 8.90. The van der Waals surface area contributed by atoms with Crippen LogP contribution >= 0.6 is 0 Å². The first kappa shape index (κ1) is 23.8. The first-order valence-electron chi connectivity index (χ1n) is 8.90. The van der Waals surface area contributed by atoms with Gasteiger partial charge in [-0.15, -0.1) is 0 Å². The molecule has 1 unspecified atom stereocenters. The van der Waals surface area contributed by atoms with Gasteiger partial charge >= 0.3 is 6.03 Å². The fraction of sp³-hybridized carbons (Fsp3) is 0.421. The third-order valence-corrected chi connectivity index (χ3v) is 4.40. The Morgan fingerprint density at radius 3 is 2.71 bits per heavy atom. The molecular formula is C19H25N4O4W-. The number of fused-ring (bicyclic) bond motifs is 1. The van der Waals surface area contributed by atoms with Crippen LogP contribution in [0.25, 0.3) is 0 Å². The third kappa shape index (κ3) is 5.89. The number of carbonyl (C=O) groups excluding carboxylic acids is 4. The summed E-state index contributed by atoms with van der Waals surface area (Å²) < 4.78 is 0. The summed E-state index contributed by atoms with van der Waals surface area (Å²) in [6, 6.07) is 4.44. The summed E-state index contributed by atoms with van der Waals surface area (Å²) in [5.74, 6) is -0.533. The van der Waals surface area contributed by atoms with Crippen molar-refractivity contribution in [2.75, 3.05) is 13.6 Å². The predicted octanol–water partition coefficient (Wildman–Crippen LogP) is 0.757. The Balaban J connectivity index is 0.00000392. The van der Waals surface area contributed by atoms with Crippen LogP contribution in [0, 0.1) is 6.92 Å². The first-order chi connectivity index (χ1) is 13.0. The van der Waals surface area contributed by atoms with Gasteiger partial charge in [0, 0.05) is 53.2 Å². The van der Waals surface area contributed by atoms with Crippen LogP contribution in [0.5, 0.6) is 0 Å². The van der Waals surface area contributed by atoms with Gasteiger partial charge in [0.05, 0.1) is 0 Å². The van der Waals surface area contributed by atoms with Crippen molar-refractivity contribution >= 4 is 24.1 Å². The number of aldehydes is 1. The molecule has 1 aliphatic heterocycles. The molecule has 1 aromatic rings. The Morgan fingerprint density at radius 1 is 1.32 bits per heavy atom. The molecule has 1 aliphatic rings. The van der Waals surface area contributed by atoms with E-state index in [-0.39, 0.29) is 58.3 Å². The van der Waals surface area contributed by atoms with Crippen LogP contribution in [0.4, 0.5) is 4.79 Å². The fourth-order valence-corrected chi connectivity index (χ4v) is 3.00. The van der Waals surface area contributed by atoms with Gasteiger partial charge in [-0.25, -0.2) is 4.79 Å². The van der Waals surface area contributed by atoms with E-state index in [9.17, 15) is 19.2 Å². The van der Waals surface area contributed by atoms with Crippen LogP contribution in [0.2, 0.25) is 0 Å². The van der Waals surface area contributed by atoms with Crippen molar-refractivity contribution in [1.29, 1.82) is 0 Å². The predicted molar refractivity (Wildman–Crippen MR) is 99.7 cm³/mol. The number of amides is 4. The van der Waals surface area contributed by atoms with Gasteiger partial charge in [-0.05, 0) is 30.2 Å². The van der Waals surface area contributed by atoms with Gasteiger partial charge in [0.2, 0.25) is 5.91 Å². The molecule has 1 aromatic carbocycles. The van der Waals surface area contributed by atoms with Crippen LogP contribution in [-0.4, -0.2) is 48.7 Å². The molecule has 0 saturated heterocycles. The number of nitrogens with zero attached hydrogens (tertiary/aromatic N) is 1. The summed E-state index contributed by atoms with van der Waals surface area (Å²) in [4.78, 5) is 48.8. The van der Waals surface area contributed by atoms with Gasteiger partial charge in [0.15, 0.2) is 0 Å². The van der Waals surface area contributed by atoms with Crippen molar-refractivity contribution in [3.8, 4) is 0 Å². The van der Waals surface area contributed by atoms with E-state index >= 15 is 0 Å². The van der Waals surface area contributed by atoms with Gasteiger partial charge in [-0.3, -0.25) is 9.59 Å². The molecule has 0 radical (unpaired) electrons. The number of urea groups is 1. The van der Waals surface area contributed by atoms with Crippen molar-refractivity contribution in [1.82, 2.24) is 20.9 Å². The second-order valence-corrected chi connectivity index (χ2v) is 6.26. The SMILES string of the molecule is [CH2-]CCNC(=O)NCc1ccc2c(c1)C(=O)N(C(CCC=O)C(=O)NC)C2.[W]. The summed E-state index contributed by atoms with van der Waals surface area (Å²) in [5, 5.41) is 7.94. The summed E-state index contributed by atoms with van der Waals surface area (Å²) in [6.07, 6.45) is 1.83. The Morgan fingerprint density at radius 2 is 2.07 bits per heavy atom. The van der Waals surface area contributed by atoms with Crippen molar-refractivity contribution in [3.05, 3.63) is 41.8 Å². The number of hydrogen-bond donors (Lipinski definition) is 3. The number of benzene rings is 1. The Labute approximate surface area is 179 Å². The molecule has 0 spiro atoms. The average Bonchev–Trinajstić information content (AvgIpc) is 3.00. The summed E-state index contributed by atoms with van der Waals surface area (Å²) in [5.41, 5.74) is 2.14. The second kappa shape index (κ2) is 11.6. The van der Waals surface area contributed by atoms with Crippen LogP contribution in [0.15, 0.2) is 18.2 Å². The number of hydrogen-bond acceptors (Lipinski definition) is 4. The van der Waals surface area contributed by atoms with Crippen LogP contribution < -0.4 is 16.0 Å². The maximum atomic E-state index is 12.8. The zero-order valence-electron chi connectivity index (χ0n) is 15.8. The van der Waals surface area contributed by atoms with Gasteiger partial charge in [-0.1, -0.05) is 12.1 Å². The minimum atomic E-state index is -0.685. The number of likely N-dealkylation sites (N-methyl/N-ethyl adjacent to an activating group) is 1. The summed E-state index contributed by atoms with van der Waals surface area (Å²) >= 11 is 0. The fourth-order valence-electron chi connectivity index (χ4n) is 3.00. The molecule has 4 amide bonds. The van der Waals surface area contributed by atoms with Crippen LogP contribution in [0.3, 0.4) is 0 Å². The number of rotatable bonds is 9. The van der Waals surface area contributed by atoms with E-state index < -0.39 is 6.04 Å². The molecule has 0 bridgehead atoms. The zero-order valence-corrected chi connectivity index (χ0v) is 18.8. The molecule has 0 saturated carbocycles. The normalized spacial score (nSPS) is 13.2. The van der Waals surface area contributed by atoms with E-state index in [1.165, 1.54) is 11.9 Å². The van der Waals surface area contributed by atoms with Crippen LogP contribution in [-0.2, 0) is 43.7 Å². The van der Waals surface area contributed by atoms with Gasteiger partial charge in [0.1, 0.15) is 12.3 Å². The van der Waals surface area contributed by atoms with Gasteiger partial charge in [0.25, 0.3) is 5.91 Å². The Kier molecular flexibility index (Phi) is 9.86. The molecule has 2 rings (SSSR count). The summed E-state index contributed by atoms with van der Waals surface area (Å²) in [7, 11) is 1.51. The molecule has 0 aliphatic carbocycles. The number of nitrogens with one attached hydrogen (secondary N) is 3. The van der Waals surface area contributed by atoms with Crippen LogP contribution in [0.1, 0.15) is 40.7 Å². The van der Waals surface area contributed by atoms with Crippen molar-refractivity contribution < 1.29 is 40.2 Å². The third-order valence-electron chi connectivity index (χ3n) is 4.40. The molecular weight excluding hydrogens is 532 g/mol.